The fraction of sp³-hybridized carbons (Fsp3) is 0.636. The first-order chi connectivity index (χ1) is 13.9. The third-order valence-corrected chi connectivity index (χ3v) is 4.00. The Bertz CT molecular complexity index is 668. The topological polar surface area (TPSA) is 49.9 Å². The minimum atomic E-state index is -4.44. The minimum absolute atomic E-state index is 0.191. The SMILES string of the molecule is CC.CC.CC1CN(C(=O)c2ccc(C(F)(F)F)cc2)CCN1C(=O)OC(C)(C)C. The molecule has 2 rings (SSSR count). The van der Waals surface area contributed by atoms with Crippen LogP contribution in [0.15, 0.2) is 24.3 Å². The summed E-state index contributed by atoms with van der Waals surface area (Å²) in [5, 5.41) is 0. The highest BCUT2D eigenvalue weighted by Gasteiger charge is 2.34. The summed E-state index contributed by atoms with van der Waals surface area (Å²) >= 11 is 0. The summed E-state index contributed by atoms with van der Waals surface area (Å²) in [6.07, 6.45) is -4.87. The smallest absolute Gasteiger partial charge is 0.416 e. The molecule has 172 valence electrons. The lowest BCUT2D eigenvalue weighted by Crippen LogP contribution is -2.56. The van der Waals surface area contributed by atoms with Gasteiger partial charge in [0, 0.05) is 31.2 Å². The highest BCUT2D eigenvalue weighted by molar-refractivity contribution is 5.94. The van der Waals surface area contributed by atoms with Crippen molar-refractivity contribution in [1.82, 2.24) is 9.80 Å². The molecule has 0 aliphatic carbocycles. The number of hydrogen-bond acceptors (Lipinski definition) is 3. The normalized spacial score (nSPS) is 16.6. The van der Waals surface area contributed by atoms with E-state index in [1.165, 1.54) is 17.0 Å². The van der Waals surface area contributed by atoms with E-state index in [4.69, 9.17) is 4.74 Å². The van der Waals surface area contributed by atoms with Crippen molar-refractivity contribution < 1.29 is 27.5 Å². The number of halogens is 3. The Morgan fingerprint density at radius 1 is 0.967 bits per heavy atom. The summed E-state index contributed by atoms with van der Waals surface area (Å²) < 4.78 is 43.2. The third kappa shape index (κ3) is 8.24. The van der Waals surface area contributed by atoms with Crippen molar-refractivity contribution in [3.63, 3.8) is 0 Å². The van der Waals surface area contributed by atoms with E-state index in [2.05, 4.69) is 0 Å². The quantitative estimate of drug-likeness (QED) is 0.560. The van der Waals surface area contributed by atoms with Crippen molar-refractivity contribution in [3.8, 4) is 0 Å². The summed E-state index contributed by atoms with van der Waals surface area (Å²) in [6.45, 7) is 16.0. The molecule has 1 aromatic rings. The number of alkyl halides is 3. The molecule has 0 aromatic heterocycles. The Hall–Kier alpha value is -2.25. The van der Waals surface area contributed by atoms with E-state index in [0.717, 1.165) is 12.1 Å². The monoisotopic (exact) mass is 432 g/mol. The molecule has 0 radical (unpaired) electrons. The second kappa shape index (κ2) is 11.8. The van der Waals surface area contributed by atoms with E-state index in [1.54, 1.807) is 32.6 Å². The van der Waals surface area contributed by atoms with Crippen molar-refractivity contribution in [3.05, 3.63) is 35.4 Å². The van der Waals surface area contributed by atoms with Crippen molar-refractivity contribution >= 4 is 12.0 Å². The molecule has 1 aliphatic rings. The number of hydrogen-bond donors (Lipinski definition) is 0. The zero-order chi connectivity index (χ0) is 23.7. The van der Waals surface area contributed by atoms with Crippen LogP contribution >= 0.6 is 0 Å². The largest absolute Gasteiger partial charge is 0.444 e. The Morgan fingerprint density at radius 2 is 1.47 bits per heavy atom. The maximum absolute atomic E-state index is 12.6. The van der Waals surface area contributed by atoms with Crippen LogP contribution in [0.1, 0.15) is 71.3 Å². The molecule has 30 heavy (non-hydrogen) atoms. The van der Waals surface area contributed by atoms with Gasteiger partial charge in [0.25, 0.3) is 5.91 Å². The van der Waals surface area contributed by atoms with E-state index in [0.29, 0.717) is 19.6 Å². The number of amides is 2. The average molecular weight is 433 g/mol. The van der Waals surface area contributed by atoms with Gasteiger partial charge in [-0.1, -0.05) is 27.7 Å². The van der Waals surface area contributed by atoms with Crippen molar-refractivity contribution in [2.75, 3.05) is 19.6 Å². The van der Waals surface area contributed by atoms with Gasteiger partial charge in [-0.25, -0.2) is 4.79 Å². The molecule has 0 N–H and O–H groups in total. The van der Waals surface area contributed by atoms with Gasteiger partial charge in [-0.3, -0.25) is 4.79 Å². The van der Waals surface area contributed by atoms with E-state index in [9.17, 15) is 22.8 Å². The number of nitrogens with zero attached hydrogens (tertiary/aromatic N) is 2. The van der Waals surface area contributed by atoms with E-state index < -0.39 is 23.4 Å². The Labute approximate surface area is 178 Å². The molecule has 2 amide bonds. The zero-order valence-corrected chi connectivity index (χ0v) is 19.3. The van der Waals surface area contributed by atoms with Gasteiger partial charge in [0.15, 0.2) is 0 Å². The van der Waals surface area contributed by atoms with E-state index in [1.807, 2.05) is 27.7 Å². The number of ether oxygens (including phenoxy) is 1. The predicted octanol–water partition coefficient (Wildman–Crippen LogP) is 5.84. The Balaban J connectivity index is 0.00000198. The number of rotatable bonds is 1. The lowest BCUT2D eigenvalue weighted by molar-refractivity contribution is -0.137. The second-order valence-electron chi connectivity index (χ2n) is 7.35. The first-order valence-electron chi connectivity index (χ1n) is 10.3. The molecule has 1 aliphatic heterocycles. The van der Waals surface area contributed by atoms with E-state index in [-0.39, 0.29) is 17.5 Å². The van der Waals surface area contributed by atoms with E-state index >= 15 is 0 Å². The molecule has 8 heteroatoms. The number of carbonyl (C=O) groups is 2. The lowest BCUT2D eigenvalue weighted by Gasteiger charge is -2.40. The third-order valence-electron chi connectivity index (χ3n) is 4.00. The van der Waals surface area contributed by atoms with Crippen LogP contribution < -0.4 is 0 Å². The van der Waals surface area contributed by atoms with Gasteiger partial charge in [0.05, 0.1) is 5.56 Å². The molecule has 0 saturated carbocycles. The highest BCUT2D eigenvalue weighted by Crippen LogP contribution is 2.29. The van der Waals surface area contributed by atoms with Crippen LogP contribution in [0.5, 0.6) is 0 Å². The first-order valence-corrected chi connectivity index (χ1v) is 10.3. The molecule has 1 heterocycles. The molecule has 5 nitrogen and oxygen atoms in total. The van der Waals surface area contributed by atoms with Crippen LogP contribution in [0.25, 0.3) is 0 Å². The van der Waals surface area contributed by atoms with Crippen molar-refractivity contribution in [2.24, 2.45) is 0 Å². The van der Waals surface area contributed by atoms with Crippen molar-refractivity contribution in [2.45, 2.75) is 73.2 Å². The van der Waals surface area contributed by atoms with Crippen molar-refractivity contribution in [1.29, 1.82) is 0 Å². The Kier molecular flexibility index (Phi) is 10.9. The summed E-state index contributed by atoms with van der Waals surface area (Å²) in [7, 11) is 0. The molecule has 1 unspecified atom stereocenters. The molecule has 1 aromatic carbocycles. The standard InChI is InChI=1S/C18H23F3N2O3.2C2H6/c1-12-11-22(9-10-23(12)16(25)26-17(2,3)4)15(24)13-5-7-14(8-6-13)18(19,20)21;2*1-2/h5-8,12H,9-11H2,1-4H3;2*1-2H3. The molecule has 1 fully saturated rings. The van der Waals surface area contributed by atoms with Crippen LogP contribution in [0.3, 0.4) is 0 Å². The maximum Gasteiger partial charge on any atom is 0.416 e. The summed E-state index contributed by atoms with van der Waals surface area (Å²) in [4.78, 5) is 27.8. The summed E-state index contributed by atoms with van der Waals surface area (Å²) in [5.74, 6) is -0.352. The van der Waals surface area contributed by atoms with Gasteiger partial charge in [0.1, 0.15) is 5.60 Å². The fourth-order valence-corrected chi connectivity index (χ4v) is 2.72. The molecular weight excluding hydrogens is 397 g/mol. The number of benzene rings is 1. The van der Waals surface area contributed by atoms with Gasteiger partial charge in [-0.2, -0.15) is 13.2 Å². The number of carbonyl (C=O) groups excluding carboxylic acids is 2. The van der Waals surface area contributed by atoms with Gasteiger partial charge >= 0.3 is 12.3 Å². The Morgan fingerprint density at radius 3 is 1.87 bits per heavy atom. The fourth-order valence-electron chi connectivity index (χ4n) is 2.72. The van der Waals surface area contributed by atoms with Crippen LogP contribution in [-0.2, 0) is 10.9 Å². The molecule has 1 saturated heterocycles. The van der Waals surface area contributed by atoms with Crippen LogP contribution in [0, 0.1) is 0 Å². The van der Waals surface area contributed by atoms with Crippen LogP contribution in [0.4, 0.5) is 18.0 Å². The van der Waals surface area contributed by atoms with Crippen LogP contribution in [0.2, 0.25) is 0 Å². The summed E-state index contributed by atoms with van der Waals surface area (Å²) in [5.41, 5.74) is -1.21. The van der Waals surface area contributed by atoms with Gasteiger partial charge in [-0.05, 0) is 52.0 Å². The molecule has 0 spiro atoms. The lowest BCUT2D eigenvalue weighted by atomic mass is 10.1. The van der Waals surface area contributed by atoms with Gasteiger partial charge < -0.3 is 14.5 Å². The molecule has 1 atom stereocenters. The zero-order valence-electron chi connectivity index (χ0n) is 19.3. The van der Waals surface area contributed by atoms with Gasteiger partial charge in [-0.15, -0.1) is 0 Å². The highest BCUT2D eigenvalue weighted by atomic mass is 19.4. The minimum Gasteiger partial charge on any atom is -0.444 e. The number of piperazine rings is 1. The predicted molar refractivity (Wildman–Crippen MR) is 112 cm³/mol. The van der Waals surface area contributed by atoms with Crippen LogP contribution in [-0.4, -0.2) is 53.1 Å². The maximum atomic E-state index is 12.6. The molecular formula is C22H35F3N2O3. The summed E-state index contributed by atoms with van der Waals surface area (Å²) in [6, 6.07) is 3.89. The first kappa shape index (κ1) is 27.8. The molecule has 0 bridgehead atoms. The average Bonchev–Trinajstić information content (AvgIpc) is 2.68. The van der Waals surface area contributed by atoms with Gasteiger partial charge in [0.2, 0.25) is 0 Å². The second-order valence-corrected chi connectivity index (χ2v) is 7.35.